The van der Waals surface area contributed by atoms with Crippen molar-refractivity contribution in [3.05, 3.63) is 94.0 Å². The fraction of sp³-hybridized carbons (Fsp3) is 0.355. The number of rotatable bonds is 9. The molecule has 0 radical (unpaired) electrons. The highest BCUT2D eigenvalue weighted by Crippen LogP contribution is 2.42. The highest BCUT2D eigenvalue weighted by atomic mass is 35.5. The van der Waals surface area contributed by atoms with Gasteiger partial charge in [0.1, 0.15) is 34.6 Å². The molecule has 1 fully saturated rings. The Labute approximate surface area is 251 Å². The molecule has 0 spiro atoms. The van der Waals surface area contributed by atoms with Crippen molar-refractivity contribution in [1.29, 1.82) is 0 Å². The number of hydrogen-bond acceptors (Lipinski definition) is 2. The number of ether oxygens (including phenoxy) is 2. The van der Waals surface area contributed by atoms with Crippen molar-refractivity contribution < 1.29 is 53.4 Å². The Hall–Kier alpha value is -3.41. The SMILES string of the molecule is CCCC1CCC(c2cc(F)c(-c3cc(F)c(C(F)(F)Oc4cc(F)c(O/C=C/C(F)(F)F)c(Cl)c4)c(F)c3)c(F)c2)CC1. The summed E-state index contributed by atoms with van der Waals surface area (Å²) in [6.45, 7) is 2.09. The molecule has 0 unspecified atom stereocenters. The third kappa shape index (κ3) is 7.80. The van der Waals surface area contributed by atoms with E-state index in [-0.39, 0.29) is 24.3 Å². The lowest BCUT2D eigenvalue weighted by Crippen LogP contribution is -2.25. The molecule has 13 heteroatoms. The van der Waals surface area contributed by atoms with E-state index in [0.717, 1.165) is 50.7 Å². The standard InChI is InChI=1S/C31H25ClF10O2/c1-2-3-16-4-6-17(7-5-16)18-10-22(33)27(23(34)11-18)19-12-24(35)28(25(36)13-19)31(41,42)44-20-14-21(32)29(26(37)15-20)43-9-8-30(38,39)40/h8-17H,2-7H2,1H3/b9-8+. The lowest BCUT2D eigenvalue weighted by molar-refractivity contribution is -0.189. The van der Waals surface area contributed by atoms with Gasteiger partial charge in [0.05, 0.1) is 22.9 Å². The van der Waals surface area contributed by atoms with Crippen LogP contribution in [0.5, 0.6) is 11.5 Å². The van der Waals surface area contributed by atoms with Crippen LogP contribution in [0, 0.1) is 35.0 Å². The summed E-state index contributed by atoms with van der Waals surface area (Å²) in [5, 5.41) is -0.803. The maximum absolute atomic E-state index is 15.1. The average Bonchev–Trinajstić information content (AvgIpc) is 2.89. The van der Waals surface area contributed by atoms with Gasteiger partial charge in [-0.05, 0) is 72.9 Å². The van der Waals surface area contributed by atoms with E-state index in [9.17, 15) is 35.1 Å². The summed E-state index contributed by atoms with van der Waals surface area (Å²) in [5.74, 6) is -9.21. The maximum Gasteiger partial charge on any atom is 0.432 e. The summed E-state index contributed by atoms with van der Waals surface area (Å²) in [5.41, 5.74) is -3.05. The van der Waals surface area contributed by atoms with Gasteiger partial charge in [-0.25, -0.2) is 22.0 Å². The first-order valence-electron chi connectivity index (χ1n) is 13.6. The van der Waals surface area contributed by atoms with E-state index in [2.05, 4.69) is 16.4 Å². The maximum atomic E-state index is 15.1. The second-order valence-electron chi connectivity index (χ2n) is 10.5. The van der Waals surface area contributed by atoms with Gasteiger partial charge in [-0.1, -0.05) is 31.4 Å². The topological polar surface area (TPSA) is 18.5 Å². The molecule has 0 bridgehead atoms. The van der Waals surface area contributed by atoms with Gasteiger partial charge in [0.2, 0.25) is 0 Å². The average molecular weight is 655 g/mol. The smallest absolute Gasteiger partial charge is 0.432 e. The Kier molecular flexibility index (Phi) is 10.1. The van der Waals surface area contributed by atoms with E-state index >= 15 is 8.78 Å². The Morgan fingerprint density at radius 1 is 0.795 bits per heavy atom. The predicted octanol–water partition coefficient (Wildman–Crippen LogP) is 11.4. The monoisotopic (exact) mass is 654 g/mol. The first-order chi connectivity index (χ1) is 20.6. The predicted molar refractivity (Wildman–Crippen MR) is 143 cm³/mol. The largest absolute Gasteiger partial charge is 0.460 e. The van der Waals surface area contributed by atoms with Crippen LogP contribution in [-0.2, 0) is 6.11 Å². The summed E-state index contributed by atoms with van der Waals surface area (Å²) < 4.78 is 150. The molecule has 0 aliphatic heterocycles. The van der Waals surface area contributed by atoms with Crippen molar-refractivity contribution in [2.45, 2.75) is 63.7 Å². The minimum atomic E-state index is -4.81. The number of alkyl halides is 5. The van der Waals surface area contributed by atoms with E-state index in [1.165, 1.54) is 0 Å². The minimum absolute atomic E-state index is 0.0591. The number of allylic oxidation sites excluding steroid dienone is 1. The normalized spacial score (nSPS) is 17.7. The van der Waals surface area contributed by atoms with Crippen molar-refractivity contribution in [3.8, 4) is 22.6 Å². The quantitative estimate of drug-likeness (QED) is 0.169. The molecule has 0 saturated heterocycles. The van der Waals surface area contributed by atoms with Gasteiger partial charge in [-0.2, -0.15) is 22.0 Å². The molecular weight excluding hydrogens is 630 g/mol. The van der Waals surface area contributed by atoms with Crippen LogP contribution >= 0.6 is 11.6 Å². The van der Waals surface area contributed by atoms with Gasteiger partial charge < -0.3 is 9.47 Å². The summed E-state index contributed by atoms with van der Waals surface area (Å²) >= 11 is 5.70. The molecule has 3 aromatic rings. The van der Waals surface area contributed by atoms with Crippen molar-refractivity contribution in [2.24, 2.45) is 5.92 Å². The van der Waals surface area contributed by atoms with Gasteiger partial charge in [-0.15, -0.1) is 0 Å². The highest BCUT2D eigenvalue weighted by Gasteiger charge is 2.42. The van der Waals surface area contributed by atoms with Crippen LogP contribution in [0.4, 0.5) is 43.9 Å². The molecule has 1 aliphatic carbocycles. The van der Waals surface area contributed by atoms with Crippen molar-refractivity contribution in [2.75, 3.05) is 0 Å². The third-order valence-electron chi connectivity index (χ3n) is 7.36. The van der Waals surface area contributed by atoms with Crippen molar-refractivity contribution in [1.82, 2.24) is 0 Å². The van der Waals surface area contributed by atoms with Crippen LogP contribution < -0.4 is 9.47 Å². The highest BCUT2D eigenvalue weighted by molar-refractivity contribution is 6.32. The second kappa shape index (κ2) is 13.3. The zero-order valence-electron chi connectivity index (χ0n) is 23.0. The Morgan fingerprint density at radius 2 is 1.39 bits per heavy atom. The van der Waals surface area contributed by atoms with Crippen LogP contribution in [0.1, 0.15) is 62.5 Å². The lowest BCUT2D eigenvalue weighted by Gasteiger charge is -2.29. The first-order valence-corrected chi connectivity index (χ1v) is 13.9. The molecule has 44 heavy (non-hydrogen) atoms. The summed E-state index contributed by atoms with van der Waals surface area (Å²) in [6.07, 6.45) is -4.53. The second-order valence-corrected chi connectivity index (χ2v) is 10.9. The van der Waals surface area contributed by atoms with Gasteiger partial charge in [0.15, 0.2) is 11.6 Å². The van der Waals surface area contributed by atoms with Crippen LogP contribution in [0.3, 0.4) is 0 Å². The van der Waals surface area contributed by atoms with Crippen LogP contribution in [-0.4, -0.2) is 6.18 Å². The lowest BCUT2D eigenvalue weighted by atomic mass is 9.77. The van der Waals surface area contributed by atoms with Crippen molar-refractivity contribution >= 4 is 11.6 Å². The molecule has 1 saturated carbocycles. The molecule has 0 aromatic heterocycles. The molecule has 0 atom stereocenters. The summed E-state index contributed by atoms with van der Waals surface area (Å²) in [7, 11) is 0. The van der Waals surface area contributed by atoms with E-state index in [4.69, 9.17) is 11.6 Å². The fourth-order valence-corrected chi connectivity index (χ4v) is 5.62. The molecular formula is C31H25ClF10O2. The van der Waals surface area contributed by atoms with E-state index in [1.807, 2.05) is 0 Å². The molecule has 0 heterocycles. The van der Waals surface area contributed by atoms with Crippen LogP contribution in [0.2, 0.25) is 5.02 Å². The first kappa shape index (κ1) is 33.5. The van der Waals surface area contributed by atoms with Gasteiger partial charge in [0, 0.05) is 12.1 Å². The number of benzene rings is 3. The number of halogens is 11. The molecule has 0 amide bonds. The van der Waals surface area contributed by atoms with Gasteiger partial charge in [0.25, 0.3) is 0 Å². The van der Waals surface area contributed by atoms with Crippen molar-refractivity contribution in [3.63, 3.8) is 0 Å². The molecule has 0 N–H and O–H groups in total. The van der Waals surface area contributed by atoms with E-state index in [1.54, 1.807) is 0 Å². The van der Waals surface area contributed by atoms with Gasteiger partial charge >= 0.3 is 12.3 Å². The zero-order chi connectivity index (χ0) is 32.4. The fourth-order valence-electron chi connectivity index (χ4n) is 5.38. The summed E-state index contributed by atoms with van der Waals surface area (Å²) in [4.78, 5) is 0. The van der Waals surface area contributed by atoms with Crippen LogP contribution in [0.25, 0.3) is 11.1 Å². The Morgan fingerprint density at radius 3 is 1.91 bits per heavy atom. The molecule has 238 valence electrons. The Balaban J connectivity index is 1.57. The van der Waals surface area contributed by atoms with Gasteiger partial charge in [-0.3, -0.25) is 0 Å². The minimum Gasteiger partial charge on any atom is -0.460 e. The molecule has 3 aromatic carbocycles. The van der Waals surface area contributed by atoms with E-state index in [0.29, 0.717) is 29.7 Å². The third-order valence-corrected chi connectivity index (χ3v) is 7.64. The van der Waals surface area contributed by atoms with E-state index < -0.39 is 74.6 Å². The molecule has 4 rings (SSSR count). The van der Waals surface area contributed by atoms with Crippen LogP contribution in [0.15, 0.2) is 48.7 Å². The Bertz CT molecular complexity index is 1460. The number of hydrogen-bond donors (Lipinski definition) is 0. The summed E-state index contributed by atoms with van der Waals surface area (Å²) in [6, 6.07) is 3.53. The molecule has 2 nitrogen and oxygen atoms in total. The molecule has 1 aliphatic rings. The zero-order valence-corrected chi connectivity index (χ0v) is 23.7.